The van der Waals surface area contributed by atoms with Crippen molar-refractivity contribution in [2.24, 2.45) is 35.0 Å². The van der Waals surface area contributed by atoms with Gasteiger partial charge in [0.25, 0.3) is 0 Å². The highest BCUT2D eigenvalue weighted by Crippen LogP contribution is 2.64. The molecule has 1 N–H and O–H groups in total. The van der Waals surface area contributed by atoms with Crippen molar-refractivity contribution in [3.8, 4) is 0 Å². The quantitative estimate of drug-likeness (QED) is 0.808. The van der Waals surface area contributed by atoms with Crippen LogP contribution in [0, 0.1) is 35.0 Å². The van der Waals surface area contributed by atoms with Gasteiger partial charge in [-0.25, -0.2) is 4.79 Å². The van der Waals surface area contributed by atoms with Gasteiger partial charge in [0.1, 0.15) is 0 Å². The van der Waals surface area contributed by atoms with E-state index in [0.29, 0.717) is 0 Å². The van der Waals surface area contributed by atoms with Gasteiger partial charge in [-0.3, -0.25) is 0 Å². The standard InChI is InChI=1S/C18H30O3/c1-11(2)18(20,16(19)21-4)12(3)17-8-13-5-14(9-17)7-15(6-13)10-17/h11-15,20H,5-10H2,1-4H3. The highest BCUT2D eigenvalue weighted by atomic mass is 16.5. The molecule has 4 saturated carbocycles. The fourth-order valence-corrected chi connectivity index (χ4v) is 6.25. The average Bonchev–Trinajstić information content (AvgIpc) is 2.43. The Kier molecular flexibility index (Phi) is 3.63. The van der Waals surface area contributed by atoms with Crippen LogP contribution in [0.3, 0.4) is 0 Å². The molecule has 3 nitrogen and oxygen atoms in total. The number of methoxy groups -OCH3 is 1. The summed E-state index contributed by atoms with van der Waals surface area (Å²) in [5.74, 6) is 1.90. The third kappa shape index (κ3) is 2.15. The fraction of sp³-hybridized carbons (Fsp3) is 0.944. The van der Waals surface area contributed by atoms with Gasteiger partial charge in [-0.2, -0.15) is 0 Å². The van der Waals surface area contributed by atoms with Gasteiger partial charge in [0.2, 0.25) is 0 Å². The lowest BCUT2D eigenvalue weighted by Gasteiger charge is -2.61. The molecule has 4 aliphatic carbocycles. The number of carbonyl (C=O) groups is 1. The first-order chi connectivity index (χ1) is 9.81. The maximum Gasteiger partial charge on any atom is 0.338 e. The molecule has 0 spiro atoms. The van der Waals surface area contributed by atoms with Crippen molar-refractivity contribution in [3.63, 3.8) is 0 Å². The second-order valence-corrected chi connectivity index (χ2v) is 8.47. The van der Waals surface area contributed by atoms with Gasteiger partial charge in [0, 0.05) is 5.92 Å². The highest BCUT2D eigenvalue weighted by molar-refractivity contribution is 5.80. The molecule has 0 saturated heterocycles. The first-order valence-electron chi connectivity index (χ1n) is 8.62. The molecule has 0 aromatic heterocycles. The Morgan fingerprint density at radius 3 is 1.86 bits per heavy atom. The third-order valence-electron chi connectivity index (χ3n) is 7.06. The van der Waals surface area contributed by atoms with E-state index in [2.05, 4.69) is 6.92 Å². The van der Waals surface area contributed by atoms with E-state index in [1.54, 1.807) is 0 Å². The van der Waals surface area contributed by atoms with Crippen LogP contribution in [-0.2, 0) is 9.53 Å². The van der Waals surface area contributed by atoms with Crippen LogP contribution in [0.4, 0.5) is 0 Å². The van der Waals surface area contributed by atoms with Gasteiger partial charge in [-0.15, -0.1) is 0 Å². The molecule has 120 valence electrons. The zero-order valence-electron chi connectivity index (χ0n) is 13.9. The zero-order chi connectivity index (χ0) is 15.4. The molecule has 0 aromatic carbocycles. The number of esters is 1. The molecule has 3 heteroatoms. The minimum Gasteiger partial charge on any atom is -0.467 e. The van der Waals surface area contributed by atoms with Crippen molar-refractivity contribution in [1.29, 1.82) is 0 Å². The van der Waals surface area contributed by atoms with E-state index in [1.165, 1.54) is 45.6 Å². The van der Waals surface area contributed by atoms with Crippen molar-refractivity contribution in [3.05, 3.63) is 0 Å². The van der Waals surface area contributed by atoms with E-state index < -0.39 is 11.6 Å². The molecule has 4 bridgehead atoms. The Labute approximate surface area is 128 Å². The summed E-state index contributed by atoms with van der Waals surface area (Å²) < 4.78 is 4.97. The van der Waals surface area contributed by atoms with Crippen molar-refractivity contribution in [1.82, 2.24) is 0 Å². The Hall–Kier alpha value is -0.570. The second-order valence-electron chi connectivity index (χ2n) is 8.47. The van der Waals surface area contributed by atoms with E-state index in [-0.39, 0.29) is 17.3 Å². The number of hydrogen-bond donors (Lipinski definition) is 1. The van der Waals surface area contributed by atoms with Crippen LogP contribution < -0.4 is 0 Å². The van der Waals surface area contributed by atoms with Gasteiger partial charge >= 0.3 is 5.97 Å². The average molecular weight is 294 g/mol. The fourth-order valence-electron chi connectivity index (χ4n) is 6.25. The zero-order valence-corrected chi connectivity index (χ0v) is 13.9. The SMILES string of the molecule is COC(=O)C(O)(C(C)C)C(C)C12CC3CC(CC(C3)C1)C2. The van der Waals surface area contributed by atoms with Gasteiger partial charge in [0.15, 0.2) is 5.60 Å². The molecule has 0 radical (unpaired) electrons. The Balaban J connectivity index is 1.93. The Morgan fingerprint density at radius 2 is 1.52 bits per heavy atom. The van der Waals surface area contributed by atoms with Gasteiger partial charge in [-0.05, 0) is 67.6 Å². The van der Waals surface area contributed by atoms with Crippen molar-refractivity contribution >= 4 is 5.97 Å². The summed E-state index contributed by atoms with van der Waals surface area (Å²) in [5, 5.41) is 11.2. The minimum absolute atomic E-state index is 0.0224. The lowest BCUT2D eigenvalue weighted by molar-refractivity contribution is -0.197. The summed E-state index contributed by atoms with van der Waals surface area (Å²) in [6.07, 6.45) is 7.74. The van der Waals surface area contributed by atoms with E-state index in [1.807, 2.05) is 13.8 Å². The molecule has 0 heterocycles. The maximum atomic E-state index is 12.3. The largest absolute Gasteiger partial charge is 0.467 e. The van der Waals surface area contributed by atoms with E-state index in [4.69, 9.17) is 4.74 Å². The number of aliphatic hydroxyl groups is 1. The molecule has 4 fully saturated rings. The van der Waals surface area contributed by atoms with E-state index in [0.717, 1.165) is 17.8 Å². The first kappa shape index (κ1) is 15.3. The van der Waals surface area contributed by atoms with Crippen molar-refractivity contribution in [2.75, 3.05) is 7.11 Å². The number of carbonyl (C=O) groups excluding carboxylic acids is 1. The van der Waals surface area contributed by atoms with Crippen LogP contribution in [-0.4, -0.2) is 23.8 Å². The lowest BCUT2D eigenvalue weighted by Crippen LogP contribution is -2.60. The monoisotopic (exact) mass is 294 g/mol. The Morgan fingerprint density at radius 1 is 1.10 bits per heavy atom. The van der Waals surface area contributed by atoms with E-state index >= 15 is 0 Å². The van der Waals surface area contributed by atoms with Crippen LogP contribution in [0.15, 0.2) is 0 Å². The molecular weight excluding hydrogens is 264 g/mol. The minimum atomic E-state index is -1.35. The molecule has 0 aliphatic heterocycles. The molecule has 0 amide bonds. The smallest absolute Gasteiger partial charge is 0.338 e. The van der Waals surface area contributed by atoms with Crippen LogP contribution in [0.1, 0.15) is 59.3 Å². The maximum absolute atomic E-state index is 12.3. The molecule has 2 atom stereocenters. The third-order valence-corrected chi connectivity index (χ3v) is 7.06. The van der Waals surface area contributed by atoms with Gasteiger partial charge < -0.3 is 9.84 Å². The first-order valence-corrected chi connectivity index (χ1v) is 8.62. The number of ether oxygens (including phenoxy) is 1. The van der Waals surface area contributed by atoms with Gasteiger partial charge in [0.05, 0.1) is 7.11 Å². The molecule has 21 heavy (non-hydrogen) atoms. The van der Waals surface area contributed by atoms with Crippen LogP contribution >= 0.6 is 0 Å². The molecule has 4 rings (SSSR count). The Bertz CT molecular complexity index is 393. The summed E-state index contributed by atoms with van der Waals surface area (Å²) in [6.45, 7) is 5.98. The molecule has 4 aliphatic rings. The lowest BCUT2D eigenvalue weighted by atomic mass is 9.44. The van der Waals surface area contributed by atoms with Crippen molar-refractivity contribution < 1.29 is 14.6 Å². The number of rotatable bonds is 4. The highest BCUT2D eigenvalue weighted by Gasteiger charge is 2.60. The molecule has 2 unspecified atom stereocenters. The number of hydrogen-bond acceptors (Lipinski definition) is 3. The summed E-state index contributed by atoms with van der Waals surface area (Å²) in [7, 11) is 1.39. The molecular formula is C18H30O3. The molecule has 0 aromatic rings. The van der Waals surface area contributed by atoms with Crippen LogP contribution in [0.25, 0.3) is 0 Å². The summed E-state index contributed by atoms with van der Waals surface area (Å²) in [6, 6.07) is 0. The van der Waals surface area contributed by atoms with Crippen LogP contribution in [0.5, 0.6) is 0 Å². The van der Waals surface area contributed by atoms with Crippen molar-refractivity contribution in [2.45, 2.75) is 64.9 Å². The normalized spacial score (nSPS) is 41.9. The summed E-state index contributed by atoms with van der Waals surface area (Å²) in [4.78, 5) is 12.3. The second kappa shape index (κ2) is 4.97. The topological polar surface area (TPSA) is 46.5 Å². The predicted octanol–water partition coefficient (Wildman–Crippen LogP) is 3.40. The predicted molar refractivity (Wildman–Crippen MR) is 81.6 cm³/mol. The summed E-state index contributed by atoms with van der Waals surface area (Å²) >= 11 is 0. The van der Waals surface area contributed by atoms with Gasteiger partial charge in [-0.1, -0.05) is 20.8 Å². The van der Waals surface area contributed by atoms with E-state index in [9.17, 15) is 9.90 Å². The van der Waals surface area contributed by atoms with Crippen LogP contribution in [0.2, 0.25) is 0 Å². The summed E-state index contributed by atoms with van der Waals surface area (Å²) in [5.41, 5.74) is -1.19.